The van der Waals surface area contributed by atoms with Crippen LogP contribution in [-0.2, 0) is 27.3 Å². The molecule has 3 rings (SSSR count). The van der Waals surface area contributed by atoms with E-state index in [1.807, 2.05) is 42.6 Å². The molecule has 0 aliphatic carbocycles. The van der Waals surface area contributed by atoms with Gasteiger partial charge in [0.2, 0.25) is 0 Å². The number of likely N-dealkylation sites (N-methyl/N-ethyl adjacent to an activating group) is 1. The zero-order chi connectivity index (χ0) is 17.8. The highest BCUT2D eigenvalue weighted by Gasteiger charge is 2.15. The number of nitrogens with zero attached hydrogens (tertiary/aromatic N) is 1. The van der Waals surface area contributed by atoms with Gasteiger partial charge in [0.05, 0.1) is 19.2 Å². The molecule has 2 heterocycles. The van der Waals surface area contributed by atoms with Gasteiger partial charge in [-0.3, -0.25) is 9.59 Å². The molecular weight excluding hydrogens is 338 g/mol. The van der Waals surface area contributed by atoms with Gasteiger partial charge in [-0.25, -0.2) is 0 Å². The molecule has 0 radical (unpaired) electrons. The zero-order valence-electron chi connectivity index (χ0n) is 14.2. The van der Waals surface area contributed by atoms with Gasteiger partial charge in [-0.05, 0) is 30.0 Å². The standard InChI is InChI=1S/C19H19NO4S/c1-13-5-6-16-14(11-23-17(16)8-13)9-19(22)24-12-18(21)20(2)10-15-4-3-7-25-15/h3-8,11H,9-10,12H2,1-2H3. The van der Waals surface area contributed by atoms with Crippen molar-refractivity contribution in [3.05, 3.63) is 58.0 Å². The molecule has 130 valence electrons. The Morgan fingerprint density at radius 2 is 2.12 bits per heavy atom. The van der Waals surface area contributed by atoms with Crippen LogP contribution < -0.4 is 0 Å². The molecule has 0 fully saturated rings. The van der Waals surface area contributed by atoms with E-state index in [0.717, 1.165) is 27.0 Å². The smallest absolute Gasteiger partial charge is 0.310 e. The second-order valence-corrected chi connectivity index (χ2v) is 6.96. The van der Waals surface area contributed by atoms with Gasteiger partial charge in [-0.1, -0.05) is 18.2 Å². The number of aryl methyl sites for hydroxylation is 1. The fraction of sp³-hybridized carbons (Fsp3) is 0.263. The Balaban J connectivity index is 1.52. The molecule has 1 amide bonds. The summed E-state index contributed by atoms with van der Waals surface area (Å²) >= 11 is 1.59. The summed E-state index contributed by atoms with van der Waals surface area (Å²) in [5, 5.41) is 2.86. The highest BCUT2D eigenvalue weighted by atomic mass is 32.1. The number of carbonyl (C=O) groups is 2. The second kappa shape index (κ2) is 7.53. The van der Waals surface area contributed by atoms with Gasteiger partial charge < -0.3 is 14.1 Å². The first-order valence-corrected chi connectivity index (χ1v) is 8.79. The first-order valence-electron chi connectivity index (χ1n) is 7.91. The van der Waals surface area contributed by atoms with Crippen molar-refractivity contribution in [1.82, 2.24) is 4.90 Å². The number of amides is 1. The van der Waals surface area contributed by atoms with Crippen molar-refractivity contribution < 1.29 is 18.7 Å². The summed E-state index contributed by atoms with van der Waals surface area (Å²) in [5.41, 5.74) is 2.60. The van der Waals surface area contributed by atoms with Crippen molar-refractivity contribution in [3.63, 3.8) is 0 Å². The maximum Gasteiger partial charge on any atom is 0.310 e. The van der Waals surface area contributed by atoms with E-state index in [1.165, 1.54) is 0 Å². The van der Waals surface area contributed by atoms with Gasteiger partial charge in [0.1, 0.15) is 5.58 Å². The van der Waals surface area contributed by atoms with E-state index >= 15 is 0 Å². The van der Waals surface area contributed by atoms with Gasteiger partial charge in [-0.15, -0.1) is 11.3 Å². The number of esters is 1. The normalized spacial score (nSPS) is 10.8. The van der Waals surface area contributed by atoms with E-state index in [-0.39, 0.29) is 18.9 Å². The maximum atomic E-state index is 12.1. The quantitative estimate of drug-likeness (QED) is 0.633. The SMILES string of the molecule is Cc1ccc2c(CC(=O)OCC(=O)N(C)Cc3cccs3)coc2c1. The van der Waals surface area contributed by atoms with E-state index in [9.17, 15) is 9.59 Å². The second-order valence-electron chi connectivity index (χ2n) is 5.93. The van der Waals surface area contributed by atoms with Crippen molar-refractivity contribution >= 4 is 34.2 Å². The fourth-order valence-electron chi connectivity index (χ4n) is 2.51. The van der Waals surface area contributed by atoms with Crippen LogP contribution in [0.4, 0.5) is 0 Å². The van der Waals surface area contributed by atoms with Crippen LogP contribution in [0.15, 0.2) is 46.4 Å². The number of thiophene rings is 1. The van der Waals surface area contributed by atoms with Crippen molar-refractivity contribution in [2.75, 3.05) is 13.7 Å². The number of benzene rings is 1. The Labute approximate surface area is 149 Å². The molecule has 0 saturated carbocycles. The molecule has 0 saturated heterocycles. The third-order valence-electron chi connectivity index (χ3n) is 3.90. The fourth-order valence-corrected chi connectivity index (χ4v) is 3.27. The van der Waals surface area contributed by atoms with Crippen LogP contribution >= 0.6 is 11.3 Å². The summed E-state index contributed by atoms with van der Waals surface area (Å²) in [7, 11) is 1.70. The molecule has 0 atom stereocenters. The Morgan fingerprint density at radius 3 is 2.88 bits per heavy atom. The molecular formula is C19H19NO4S. The summed E-state index contributed by atoms with van der Waals surface area (Å²) in [5.74, 6) is -0.671. The number of hydrogen-bond acceptors (Lipinski definition) is 5. The van der Waals surface area contributed by atoms with Crippen LogP contribution in [0.25, 0.3) is 11.0 Å². The number of rotatable bonds is 6. The third kappa shape index (κ3) is 4.28. The molecule has 0 spiro atoms. The molecule has 3 aromatic rings. The van der Waals surface area contributed by atoms with E-state index in [2.05, 4.69) is 0 Å². The Kier molecular flexibility index (Phi) is 5.19. The van der Waals surface area contributed by atoms with Gasteiger partial charge in [0.15, 0.2) is 6.61 Å². The van der Waals surface area contributed by atoms with Crippen LogP contribution in [0.1, 0.15) is 16.0 Å². The summed E-state index contributed by atoms with van der Waals surface area (Å²) in [6.45, 7) is 2.24. The lowest BCUT2D eigenvalue weighted by molar-refractivity contribution is -0.151. The molecule has 1 aromatic carbocycles. The Hall–Kier alpha value is -2.60. The predicted octanol–water partition coefficient (Wildman–Crippen LogP) is 3.55. The molecule has 0 N–H and O–H groups in total. The number of carbonyl (C=O) groups excluding carboxylic acids is 2. The van der Waals surface area contributed by atoms with Crippen molar-refractivity contribution in [3.8, 4) is 0 Å². The molecule has 0 aliphatic heterocycles. The first-order chi connectivity index (χ1) is 12.0. The van der Waals surface area contributed by atoms with Crippen molar-refractivity contribution in [2.45, 2.75) is 19.9 Å². The van der Waals surface area contributed by atoms with Gasteiger partial charge in [-0.2, -0.15) is 0 Å². The highest BCUT2D eigenvalue weighted by Crippen LogP contribution is 2.23. The first kappa shape index (κ1) is 17.2. The third-order valence-corrected chi connectivity index (χ3v) is 4.76. The van der Waals surface area contributed by atoms with E-state index in [0.29, 0.717) is 6.54 Å². The Morgan fingerprint density at radius 1 is 1.28 bits per heavy atom. The monoisotopic (exact) mass is 357 g/mol. The minimum atomic E-state index is -0.443. The summed E-state index contributed by atoms with van der Waals surface area (Å²) in [6, 6.07) is 9.72. The van der Waals surface area contributed by atoms with Crippen LogP contribution in [0, 0.1) is 6.92 Å². The average molecular weight is 357 g/mol. The molecule has 2 aromatic heterocycles. The molecule has 25 heavy (non-hydrogen) atoms. The molecule has 5 nitrogen and oxygen atoms in total. The predicted molar refractivity (Wildman–Crippen MR) is 96.4 cm³/mol. The molecule has 0 bridgehead atoms. The van der Waals surface area contributed by atoms with E-state index in [4.69, 9.17) is 9.15 Å². The van der Waals surface area contributed by atoms with Crippen molar-refractivity contribution in [1.29, 1.82) is 0 Å². The van der Waals surface area contributed by atoms with Crippen LogP contribution in [0.2, 0.25) is 0 Å². The average Bonchev–Trinajstić information content (AvgIpc) is 3.22. The van der Waals surface area contributed by atoms with Crippen LogP contribution in [-0.4, -0.2) is 30.4 Å². The summed E-state index contributed by atoms with van der Waals surface area (Å²) in [6.07, 6.45) is 1.65. The topological polar surface area (TPSA) is 59.8 Å². The lowest BCUT2D eigenvalue weighted by Crippen LogP contribution is -2.30. The molecule has 6 heteroatoms. The number of fused-ring (bicyclic) bond motifs is 1. The summed E-state index contributed by atoms with van der Waals surface area (Å²) in [4.78, 5) is 26.7. The number of hydrogen-bond donors (Lipinski definition) is 0. The van der Waals surface area contributed by atoms with E-state index < -0.39 is 5.97 Å². The molecule has 0 aliphatic rings. The molecule has 0 unspecified atom stereocenters. The summed E-state index contributed by atoms with van der Waals surface area (Å²) < 4.78 is 10.6. The zero-order valence-corrected chi connectivity index (χ0v) is 15.0. The minimum Gasteiger partial charge on any atom is -0.464 e. The number of ether oxygens (including phenoxy) is 1. The van der Waals surface area contributed by atoms with E-state index in [1.54, 1.807) is 29.5 Å². The van der Waals surface area contributed by atoms with Gasteiger partial charge >= 0.3 is 5.97 Å². The highest BCUT2D eigenvalue weighted by molar-refractivity contribution is 7.09. The van der Waals surface area contributed by atoms with Crippen LogP contribution in [0.5, 0.6) is 0 Å². The van der Waals surface area contributed by atoms with Crippen LogP contribution in [0.3, 0.4) is 0 Å². The van der Waals surface area contributed by atoms with Crippen molar-refractivity contribution in [2.24, 2.45) is 0 Å². The van der Waals surface area contributed by atoms with Gasteiger partial charge in [0.25, 0.3) is 5.91 Å². The minimum absolute atomic E-state index is 0.0813. The Bertz CT molecular complexity index is 882. The largest absolute Gasteiger partial charge is 0.464 e. The van der Waals surface area contributed by atoms with Gasteiger partial charge in [0, 0.05) is 22.9 Å². The number of furan rings is 1. The lowest BCUT2D eigenvalue weighted by Gasteiger charge is -2.16. The maximum absolute atomic E-state index is 12.1. The lowest BCUT2D eigenvalue weighted by atomic mass is 10.1.